The van der Waals surface area contributed by atoms with Crippen LogP contribution in [0.15, 0.2) is 41.1 Å². The minimum atomic E-state index is -0.547. The molecule has 80 valence electrons. The topological polar surface area (TPSA) is 69.2 Å². The van der Waals surface area contributed by atoms with Crippen LogP contribution in [0.1, 0.15) is 5.56 Å². The van der Waals surface area contributed by atoms with Crippen LogP contribution in [0, 0.1) is 10.1 Å². The molecule has 1 rings (SSSR count). The molecular weight excluding hydrogens is 212 g/mol. The maximum atomic E-state index is 10.5. The van der Waals surface area contributed by atoms with Gasteiger partial charge in [-0.3, -0.25) is 5.73 Å². The molecule has 0 spiro atoms. The first-order valence-electron chi connectivity index (χ1n) is 4.36. The van der Waals surface area contributed by atoms with Crippen LogP contribution in [-0.2, 0) is 6.42 Å². The summed E-state index contributed by atoms with van der Waals surface area (Å²) in [6, 6.07) is 9.54. The quantitative estimate of drug-likeness (QED) is 0.627. The molecule has 0 fully saturated rings. The van der Waals surface area contributed by atoms with E-state index in [4.69, 9.17) is 5.73 Å². The first kappa shape index (κ1) is 11.6. The van der Waals surface area contributed by atoms with E-state index in [0.717, 1.165) is 5.56 Å². The predicted octanol–water partition coefficient (Wildman–Crippen LogP) is 2.00. The molecule has 0 unspecified atom stereocenters. The van der Waals surface area contributed by atoms with E-state index in [9.17, 15) is 10.1 Å². The third kappa shape index (κ3) is 3.28. The highest BCUT2D eigenvalue weighted by atomic mass is 32.2. The molecule has 0 radical (unpaired) electrons. The summed E-state index contributed by atoms with van der Waals surface area (Å²) in [6.07, 6.45) is 2.30. The van der Waals surface area contributed by atoms with Crippen molar-refractivity contribution in [3.63, 3.8) is 0 Å². The average molecular weight is 224 g/mol. The molecule has 0 amide bonds. The van der Waals surface area contributed by atoms with Gasteiger partial charge in [-0.1, -0.05) is 30.3 Å². The van der Waals surface area contributed by atoms with E-state index in [1.54, 1.807) is 6.26 Å². The van der Waals surface area contributed by atoms with Crippen molar-refractivity contribution in [2.45, 2.75) is 6.42 Å². The number of thioether (sulfide) groups is 1. The van der Waals surface area contributed by atoms with Crippen molar-refractivity contribution >= 4 is 11.8 Å². The fourth-order valence-corrected chi connectivity index (χ4v) is 1.75. The number of benzene rings is 1. The van der Waals surface area contributed by atoms with Crippen molar-refractivity contribution in [2.24, 2.45) is 5.73 Å². The zero-order chi connectivity index (χ0) is 11.3. The molecule has 0 aliphatic carbocycles. The largest absolute Gasteiger partial charge is 0.358 e. The fraction of sp³-hybridized carbons (Fsp3) is 0.200. The zero-order valence-electron chi connectivity index (χ0n) is 8.34. The number of hydrogen-bond donors (Lipinski definition) is 1. The molecule has 0 atom stereocenters. The molecule has 0 aromatic heterocycles. The summed E-state index contributed by atoms with van der Waals surface area (Å²) in [5.41, 5.74) is 6.40. The second-order valence-corrected chi connectivity index (χ2v) is 3.83. The Morgan fingerprint density at radius 3 is 2.53 bits per heavy atom. The van der Waals surface area contributed by atoms with Crippen LogP contribution < -0.4 is 5.73 Å². The Morgan fingerprint density at radius 2 is 2.07 bits per heavy atom. The molecule has 0 aliphatic rings. The number of rotatable bonds is 4. The zero-order valence-corrected chi connectivity index (χ0v) is 9.16. The molecule has 15 heavy (non-hydrogen) atoms. The van der Waals surface area contributed by atoms with Gasteiger partial charge in [0.1, 0.15) is 0 Å². The Hall–Kier alpha value is -1.49. The Bertz CT molecular complexity index is 376. The molecule has 0 aliphatic heterocycles. The molecule has 0 saturated carbocycles. The summed E-state index contributed by atoms with van der Waals surface area (Å²) in [5, 5.41) is 10.5. The first-order valence-corrected chi connectivity index (χ1v) is 5.58. The van der Waals surface area contributed by atoms with Gasteiger partial charge < -0.3 is 10.1 Å². The summed E-state index contributed by atoms with van der Waals surface area (Å²) < 4.78 is 0. The van der Waals surface area contributed by atoms with Gasteiger partial charge in [0.2, 0.25) is 0 Å². The van der Waals surface area contributed by atoms with Gasteiger partial charge in [0, 0.05) is 6.42 Å². The monoisotopic (exact) mass is 224 g/mol. The van der Waals surface area contributed by atoms with Crippen LogP contribution >= 0.6 is 11.8 Å². The highest BCUT2D eigenvalue weighted by Gasteiger charge is 2.11. The summed E-state index contributed by atoms with van der Waals surface area (Å²) in [5.74, 6) is -0.258. The summed E-state index contributed by atoms with van der Waals surface area (Å²) >= 11 is 1.31. The van der Waals surface area contributed by atoms with Gasteiger partial charge in [-0.2, -0.15) is 0 Å². The van der Waals surface area contributed by atoms with E-state index < -0.39 is 4.92 Å². The third-order valence-electron chi connectivity index (χ3n) is 1.94. The van der Waals surface area contributed by atoms with Crippen molar-refractivity contribution in [1.82, 2.24) is 0 Å². The lowest BCUT2D eigenvalue weighted by molar-refractivity contribution is -0.427. The molecule has 0 bridgehead atoms. The number of allylic oxidation sites excluding steroid dienone is 1. The van der Waals surface area contributed by atoms with E-state index in [1.807, 2.05) is 30.3 Å². The van der Waals surface area contributed by atoms with Gasteiger partial charge in [0.05, 0.1) is 4.91 Å². The minimum Gasteiger partial charge on any atom is -0.358 e. The van der Waals surface area contributed by atoms with Gasteiger partial charge in [0.15, 0.2) is 0 Å². The molecule has 5 heteroatoms. The summed E-state index contributed by atoms with van der Waals surface area (Å²) in [4.78, 5) is 10.5. The van der Waals surface area contributed by atoms with Crippen LogP contribution in [0.5, 0.6) is 0 Å². The summed E-state index contributed by atoms with van der Waals surface area (Å²) in [7, 11) is 0. The Balaban J connectivity index is 2.88. The van der Waals surface area contributed by atoms with E-state index in [0.29, 0.717) is 11.3 Å². The second kappa shape index (κ2) is 5.41. The lowest BCUT2D eigenvalue weighted by Crippen LogP contribution is -2.12. The van der Waals surface area contributed by atoms with Gasteiger partial charge >= 0.3 is 5.82 Å². The standard InChI is InChI=1S/C10H12N2O2S/c1-15-9(10(11)12(13)14)7-8-5-3-2-4-6-8/h2-6H,7,11H2,1H3. The van der Waals surface area contributed by atoms with Crippen molar-refractivity contribution in [2.75, 3.05) is 6.26 Å². The third-order valence-corrected chi connectivity index (χ3v) is 2.78. The lowest BCUT2D eigenvalue weighted by Gasteiger charge is -2.04. The Morgan fingerprint density at radius 1 is 1.47 bits per heavy atom. The van der Waals surface area contributed by atoms with Crippen LogP contribution in [0.25, 0.3) is 0 Å². The Kier molecular flexibility index (Phi) is 4.17. The van der Waals surface area contributed by atoms with Gasteiger partial charge in [-0.05, 0) is 16.7 Å². The molecule has 0 saturated heterocycles. The maximum absolute atomic E-state index is 10.5. The Labute approximate surface area is 92.3 Å². The van der Waals surface area contributed by atoms with E-state index >= 15 is 0 Å². The van der Waals surface area contributed by atoms with Crippen molar-refractivity contribution in [3.8, 4) is 0 Å². The van der Waals surface area contributed by atoms with Crippen LogP contribution in [0.4, 0.5) is 0 Å². The highest BCUT2D eigenvalue weighted by molar-refractivity contribution is 8.02. The van der Waals surface area contributed by atoms with Crippen molar-refractivity contribution < 1.29 is 4.92 Å². The number of nitro groups is 1. The molecule has 1 aromatic rings. The lowest BCUT2D eigenvalue weighted by atomic mass is 10.1. The minimum absolute atomic E-state index is 0.258. The molecular formula is C10H12N2O2S. The second-order valence-electron chi connectivity index (χ2n) is 2.93. The van der Waals surface area contributed by atoms with E-state index in [2.05, 4.69) is 0 Å². The first-order chi connectivity index (χ1) is 7.15. The maximum Gasteiger partial charge on any atom is 0.323 e. The van der Waals surface area contributed by atoms with Crippen LogP contribution in [0.3, 0.4) is 0 Å². The van der Waals surface area contributed by atoms with Gasteiger partial charge in [-0.25, -0.2) is 0 Å². The van der Waals surface area contributed by atoms with Crippen molar-refractivity contribution in [3.05, 3.63) is 56.7 Å². The fourth-order valence-electron chi connectivity index (χ4n) is 1.15. The molecule has 4 nitrogen and oxygen atoms in total. The van der Waals surface area contributed by atoms with Crippen molar-refractivity contribution in [1.29, 1.82) is 0 Å². The molecule has 2 N–H and O–H groups in total. The smallest absolute Gasteiger partial charge is 0.323 e. The van der Waals surface area contributed by atoms with E-state index in [-0.39, 0.29) is 5.82 Å². The number of nitrogens with two attached hydrogens (primary N) is 1. The van der Waals surface area contributed by atoms with Gasteiger partial charge in [0.25, 0.3) is 0 Å². The number of hydrogen-bond acceptors (Lipinski definition) is 4. The predicted molar refractivity (Wildman–Crippen MR) is 61.9 cm³/mol. The molecule has 1 aromatic carbocycles. The highest BCUT2D eigenvalue weighted by Crippen LogP contribution is 2.20. The molecule has 0 heterocycles. The van der Waals surface area contributed by atoms with Gasteiger partial charge in [-0.15, -0.1) is 11.8 Å². The van der Waals surface area contributed by atoms with Crippen LogP contribution in [-0.4, -0.2) is 11.2 Å². The van der Waals surface area contributed by atoms with Crippen LogP contribution in [0.2, 0.25) is 0 Å². The average Bonchev–Trinajstić information content (AvgIpc) is 2.26. The number of nitrogens with zero attached hydrogens (tertiary/aromatic N) is 1. The normalized spacial score (nSPS) is 12.1. The summed E-state index contributed by atoms with van der Waals surface area (Å²) in [6.45, 7) is 0. The van der Waals surface area contributed by atoms with E-state index in [1.165, 1.54) is 11.8 Å². The SMILES string of the molecule is CSC(Cc1ccccc1)=C(N)[N+](=O)[O-].